The van der Waals surface area contributed by atoms with Crippen LogP contribution in [0.1, 0.15) is 139 Å². The monoisotopic (exact) mass is 1010 g/mol. The number of nitrogens with one attached hydrogen (secondary N) is 7. The van der Waals surface area contributed by atoms with Crippen LogP contribution >= 0.6 is 11.8 Å². The summed E-state index contributed by atoms with van der Waals surface area (Å²) in [6.07, 6.45) is 11.9. The van der Waals surface area contributed by atoms with Crippen molar-refractivity contribution in [3.05, 3.63) is 83.7 Å². The molecule has 1 aromatic heterocycles. The molecule has 1 saturated carbocycles. The molecule has 72 heavy (non-hydrogen) atoms. The third-order valence-corrected chi connectivity index (χ3v) is 16.0. The fourth-order valence-electron chi connectivity index (χ4n) is 10.4. The number of hydrogen-bond donors (Lipinski definition) is 7. The van der Waals surface area contributed by atoms with Gasteiger partial charge in [0.2, 0.25) is 29.5 Å². The first-order valence-corrected chi connectivity index (χ1v) is 27.3. The highest BCUT2D eigenvalue weighted by atomic mass is 32.2. The highest BCUT2D eigenvalue weighted by molar-refractivity contribution is 8.00. The Balaban J connectivity index is 0.985. The third kappa shape index (κ3) is 15.5. The number of ether oxygens (including phenoxy) is 1. The zero-order chi connectivity index (χ0) is 50.8. The van der Waals surface area contributed by atoms with Gasteiger partial charge in [-0.05, 0) is 67.9 Å². The van der Waals surface area contributed by atoms with E-state index in [-0.39, 0.29) is 67.7 Å². The summed E-state index contributed by atoms with van der Waals surface area (Å²) in [7, 11) is 0. The molecule has 0 bridgehead atoms. The van der Waals surface area contributed by atoms with Crippen LogP contribution in [0.5, 0.6) is 0 Å². The van der Waals surface area contributed by atoms with Gasteiger partial charge in [-0.1, -0.05) is 118 Å². The molecule has 18 nitrogen and oxygen atoms in total. The fourth-order valence-corrected chi connectivity index (χ4v) is 12.0. The van der Waals surface area contributed by atoms with Gasteiger partial charge in [-0.3, -0.25) is 24.0 Å². The Kier molecular flexibility index (Phi) is 20.3. The zero-order valence-corrected chi connectivity index (χ0v) is 42.6. The van der Waals surface area contributed by atoms with Crippen molar-refractivity contribution in [2.45, 2.75) is 177 Å². The Bertz CT molecular complexity index is 2240. The van der Waals surface area contributed by atoms with Crippen molar-refractivity contribution in [1.82, 2.24) is 52.2 Å². The van der Waals surface area contributed by atoms with E-state index in [9.17, 15) is 33.6 Å². The number of benzene rings is 2. The summed E-state index contributed by atoms with van der Waals surface area (Å²) in [5.74, 6) is -2.57. The van der Waals surface area contributed by atoms with Crippen molar-refractivity contribution in [1.29, 1.82) is 0 Å². The molecular weight excluding hydrogens is 937 g/mol. The smallest absolute Gasteiger partial charge is 0.329 e. The molecule has 0 spiro atoms. The normalized spacial score (nSPS) is 24.5. The first-order chi connectivity index (χ1) is 34.9. The molecule has 8 atom stereocenters. The molecule has 390 valence electrons. The minimum absolute atomic E-state index is 0.0121. The fraction of sp³-hybridized carbons (Fsp3) is 0.604. The zero-order valence-electron chi connectivity index (χ0n) is 41.8. The molecule has 4 heterocycles. The minimum atomic E-state index is -1.27. The maximum absolute atomic E-state index is 14.9. The van der Waals surface area contributed by atoms with E-state index in [1.807, 2.05) is 79.3 Å². The molecule has 1 aliphatic carbocycles. The van der Waals surface area contributed by atoms with E-state index in [0.717, 1.165) is 74.7 Å². The van der Waals surface area contributed by atoms with Gasteiger partial charge in [-0.15, -0.1) is 5.10 Å². The Morgan fingerprint density at radius 3 is 2.21 bits per heavy atom. The predicted octanol–water partition coefficient (Wildman–Crippen LogP) is 4.92. The average Bonchev–Trinajstić information content (AvgIpc) is 4.11. The Morgan fingerprint density at radius 1 is 0.806 bits per heavy atom. The Morgan fingerprint density at radius 2 is 1.50 bits per heavy atom. The summed E-state index contributed by atoms with van der Waals surface area (Å²) >= 11 is 1.87. The topological polar surface area (TPSA) is 244 Å². The van der Waals surface area contributed by atoms with E-state index in [1.54, 1.807) is 6.20 Å². The molecule has 4 fully saturated rings. The molecule has 0 radical (unpaired) electrons. The molecule has 7 amide bonds. The lowest BCUT2D eigenvalue weighted by molar-refractivity contribution is -0.159. The molecule has 7 rings (SSSR count). The van der Waals surface area contributed by atoms with Crippen LogP contribution in [0.2, 0.25) is 0 Å². The van der Waals surface area contributed by atoms with Gasteiger partial charge in [-0.2, -0.15) is 11.8 Å². The van der Waals surface area contributed by atoms with Gasteiger partial charge in [0, 0.05) is 36.3 Å². The van der Waals surface area contributed by atoms with Crippen LogP contribution in [-0.2, 0) is 46.6 Å². The number of amides is 7. The van der Waals surface area contributed by atoms with Gasteiger partial charge in [0.15, 0.2) is 0 Å². The van der Waals surface area contributed by atoms with Gasteiger partial charge in [-0.25, -0.2) is 14.3 Å². The van der Waals surface area contributed by atoms with Crippen LogP contribution in [0.3, 0.4) is 0 Å². The lowest BCUT2D eigenvalue weighted by atomic mass is 9.83. The quantitative estimate of drug-likeness (QED) is 0.0405. The van der Waals surface area contributed by atoms with Gasteiger partial charge in [0.05, 0.1) is 37.8 Å². The number of hydrogen-bond acceptors (Lipinski definition) is 11. The lowest BCUT2D eigenvalue weighted by Gasteiger charge is -2.32. The van der Waals surface area contributed by atoms with Crippen LogP contribution in [0.15, 0.2) is 66.9 Å². The number of carbonyl (C=O) groups is 7. The average molecular weight is 1010 g/mol. The maximum atomic E-state index is 14.9. The number of unbranched alkanes of at least 4 members (excludes halogenated alkanes) is 3. The first-order valence-electron chi connectivity index (χ1n) is 26.3. The highest BCUT2D eigenvalue weighted by Gasteiger charge is 2.43. The number of urea groups is 1. The van der Waals surface area contributed by atoms with E-state index in [0.29, 0.717) is 49.6 Å². The molecular formula is C53H74N10O8S. The molecule has 3 saturated heterocycles. The van der Waals surface area contributed by atoms with Crippen molar-refractivity contribution >= 4 is 53.3 Å². The number of thioether (sulfide) groups is 1. The summed E-state index contributed by atoms with van der Waals surface area (Å²) in [5, 5.41) is 29.7. The predicted molar refractivity (Wildman–Crippen MR) is 273 cm³/mol. The van der Waals surface area contributed by atoms with Crippen molar-refractivity contribution in [2.75, 3.05) is 12.3 Å². The Hall–Kier alpha value is -5.98. The van der Waals surface area contributed by atoms with Gasteiger partial charge >= 0.3 is 12.0 Å². The van der Waals surface area contributed by atoms with E-state index < -0.39 is 53.8 Å². The number of esters is 1. The summed E-state index contributed by atoms with van der Waals surface area (Å²) < 4.78 is 7.70. The molecule has 19 heteroatoms. The standard InChI is InChI=1S/C53H74N10O8S/c1-3-4-18-34(2)41-29-45(66)58-49(46(35-19-8-5-9-20-35)36-21-10-6-11-22-36)51(68)56-39(50(67)59-47(52(69)71-41)37-23-12-7-13-24-37)32-63-31-38(61-62-63)30-55-44(65)27-16-17-28-54-43(64)26-15-14-25-42-48-40(33-72-42)57-53(70)60-48/h5-6,8-11,19-22,31,34,37,39-42,46-49H,3-4,7,12-18,23-30,32-33H2,1-2H3,(H,54,64)(H,55,65)(H,56,68)(H,58,66)(H,59,67)(H2,57,60,70)/t34-,39+,40-,41-,42-,47+,48-,49-/m0/s1. The van der Waals surface area contributed by atoms with E-state index >= 15 is 0 Å². The van der Waals surface area contributed by atoms with E-state index in [1.165, 1.54) is 4.68 Å². The number of carbonyl (C=O) groups excluding carboxylic acids is 7. The third-order valence-electron chi connectivity index (χ3n) is 14.5. The minimum Gasteiger partial charge on any atom is -0.460 e. The SMILES string of the molecule is CCCC[C@H](C)[C@@H]1CC(=O)N[C@@H](C(c2ccccc2)c2ccccc2)C(=O)N[C@H](Cn2cc(CNC(=O)CCCCNC(=O)CCCC[C@@H]3SC[C@@H]4NC(=O)N[C@@H]43)nn2)C(=O)N[C@H](C2CCCCC2)C(=O)O1. The summed E-state index contributed by atoms with van der Waals surface area (Å²) in [5.41, 5.74) is 1.97. The maximum Gasteiger partial charge on any atom is 0.329 e. The van der Waals surface area contributed by atoms with Crippen LogP contribution < -0.4 is 37.2 Å². The van der Waals surface area contributed by atoms with Gasteiger partial charge < -0.3 is 42.0 Å². The summed E-state index contributed by atoms with van der Waals surface area (Å²) in [6.45, 7) is 4.42. The lowest BCUT2D eigenvalue weighted by Crippen LogP contribution is -2.58. The molecule has 3 aromatic rings. The molecule has 3 aliphatic heterocycles. The number of rotatable bonds is 22. The second kappa shape index (κ2) is 27.2. The van der Waals surface area contributed by atoms with Gasteiger partial charge in [0.1, 0.15) is 29.9 Å². The number of nitrogens with zero attached hydrogens (tertiary/aromatic N) is 3. The van der Waals surface area contributed by atoms with E-state index in [2.05, 4.69) is 54.5 Å². The van der Waals surface area contributed by atoms with Crippen LogP contribution in [0.4, 0.5) is 4.79 Å². The number of cyclic esters (lactones) is 1. The summed E-state index contributed by atoms with van der Waals surface area (Å²) in [4.78, 5) is 95.2. The second-order valence-electron chi connectivity index (χ2n) is 20.0. The molecule has 2 aromatic carbocycles. The largest absolute Gasteiger partial charge is 0.460 e. The van der Waals surface area contributed by atoms with Gasteiger partial charge in [0.25, 0.3) is 0 Å². The van der Waals surface area contributed by atoms with Crippen molar-refractivity contribution in [2.24, 2.45) is 11.8 Å². The van der Waals surface area contributed by atoms with Crippen LogP contribution in [0, 0.1) is 11.8 Å². The summed E-state index contributed by atoms with van der Waals surface area (Å²) in [6, 6.07) is 15.7. The molecule has 7 N–H and O–H groups in total. The first kappa shape index (κ1) is 53.8. The van der Waals surface area contributed by atoms with Crippen LogP contribution in [0.25, 0.3) is 0 Å². The molecule has 0 unspecified atom stereocenters. The molecule has 4 aliphatic rings. The van der Waals surface area contributed by atoms with E-state index in [4.69, 9.17) is 4.74 Å². The van der Waals surface area contributed by atoms with Crippen molar-refractivity contribution < 1.29 is 38.3 Å². The second-order valence-corrected chi connectivity index (χ2v) is 21.2. The van der Waals surface area contributed by atoms with Crippen LogP contribution in [-0.4, -0.2) is 110 Å². The van der Waals surface area contributed by atoms with Crippen molar-refractivity contribution in [3.63, 3.8) is 0 Å². The Labute approximate surface area is 427 Å². The highest BCUT2D eigenvalue weighted by Crippen LogP contribution is 2.34. The number of aromatic nitrogens is 3. The number of fused-ring (bicyclic) bond motifs is 1. The van der Waals surface area contributed by atoms with Crippen molar-refractivity contribution in [3.8, 4) is 0 Å².